The molecule has 7 N–H and O–H groups in total. The van der Waals surface area contributed by atoms with Crippen molar-refractivity contribution in [3.8, 4) is 5.75 Å². The first-order valence-corrected chi connectivity index (χ1v) is 12.0. The van der Waals surface area contributed by atoms with E-state index in [2.05, 4.69) is 0 Å². The molecule has 1 aromatic carbocycles. The van der Waals surface area contributed by atoms with Crippen LogP contribution < -0.4 is 5.73 Å². The molecule has 0 spiro atoms. The van der Waals surface area contributed by atoms with Crippen molar-refractivity contribution in [2.45, 2.75) is 50.6 Å². The van der Waals surface area contributed by atoms with Gasteiger partial charge in [0.05, 0.1) is 18.1 Å². The first kappa shape index (κ1) is 23.4. The van der Waals surface area contributed by atoms with Gasteiger partial charge in [0.25, 0.3) is 5.91 Å². The topological polar surface area (TPSA) is 174 Å². The summed E-state index contributed by atoms with van der Waals surface area (Å²) in [4.78, 5) is 27.5. The molecule has 0 aromatic heterocycles. The minimum absolute atomic E-state index is 0.0138. The Bertz CT molecular complexity index is 1280. The maximum absolute atomic E-state index is 15.8. The zero-order valence-electron chi connectivity index (χ0n) is 19.3. The normalized spacial score (nSPS) is 31.2. The van der Waals surface area contributed by atoms with Crippen LogP contribution in [0.4, 0.5) is 4.39 Å². The highest BCUT2D eigenvalue weighted by atomic mass is 19.1. The Morgan fingerprint density at radius 3 is 2.50 bits per heavy atom. The summed E-state index contributed by atoms with van der Waals surface area (Å²) in [6.45, 7) is 1.67. The largest absolute Gasteiger partial charge is 0.512 e. The molecule has 36 heavy (non-hydrogen) atoms. The molecule has 3 aliphatic carbocycles. The molecule has 1 aromatic rings. The van der Waals surface area contributed by atoms with Gasteiger partial charge in [0.1, 0.15) is 28.7 Å². The number of aliphatic hydroxyl groups excluding tert-OH is 2. The number of primary amides is 1. The Balaban J connectivity index is 1.44. The second-order valence-corrected chi connectivity index (χ2v) is 10.5. The van der Waals surface area contributed by atoms with Gasteiger partial charge in [-0.05, 0) is 31.1 Å². The van der Waals surface area contributed by atoms with Crippen LogP contribution in [0, 0.1) is 23.6 Å². The summed E-state index contributed by atoms with van der Waals surface area (Å²) in [5.41, 5.74) is 4.80. The lowest BCUT2D eigenvalue weighted by molar-refractivity contribution is -0.194. The van der Waals surface area contributed by atoms with Gasteiger partial charge in [0.2, 0.25) is 5.79 Å². The quantitative estimate of drug-likeness (QED) is 0.320. The van der Waals surface area contributed by atoms with Crippen LogP contribution in [0.3, 0.4) is 0 Å². The van der Waals surface area contributed by atoms with Crippen LogP contribution in [-0.2, 0) is 29.0 Å². The number of hydrogen-bond donors (Lipinski definition) is 6. The molecule has 0 saturated carbocycles. The highest BCUT2D eigenvalue weighted by Gasteiger charge is 2.57. The van der Waals surface area contributed by atoms with Crippen LogP contribution in [0.2, 0.25) is 0 Å². The predicted molar refractivity (Wildman–Crippen MR) is 120 cm³/mol. The van der Waals surface area contributed by atoms with Crippen molar-refractivity contribution in [3.05, 3.63) is 50.7 Å². The van der Waals surface area contributed by atoms with E-state index in [9.17, 15) is 35.1 Å². The van der Waals surface area contributed by atoms with Crippen LogP contribution in [0.25, 0.3) is 0 Å². The van der Waals surface area contributed by atoms with Gasteiger partial charge in [-0.15, -0.1) is 0 Å². The Morgan fingerprint density at radius 2 is 1.83 bits per heavy atom. The van der Waals surface area contributed by atoms with E-state index in [1.165, 1.54) is 0 Å². The molecule has 2 heterocycles. The second kappa shape index (κ2) is 7.75. The number of allylic oxidation sites excluding steroid dienone is 2. The van der Waals surface area contributed by atoms with Crippen molar-refractivity contribution in [3.63, 3.8) is 0 Å². The average molecular weight is 502 g/mol. The van der Waals surface area contributed by atoms with Crippen molar-refractivity contribution in [2.24, 2.45) is 23.5 Å². The number of rotatable bonds is 2. The zero-order valence-corrected chi connectivity index (χ0v) is 19.3. The standard InChI is InChI=1S/C25H27FN2O8/c26-20-12-4-9-3-10-5-15(29)19(24(27)33)25(34,35)18(10)23(32)16(9)22(31)17(12)21(30)14-7-28(6-13(14)20)11-1-2-36-8-11/h9-11,18,29-30,32,34-35H,1-8H2,(H2,27,33)/t9-,10?,11?,18?/m1/s1. The summed E-state index contributed by atoms with van der Waals surface area (Å²) in [6, 6.07) is 0.0863. The number of nitrogens with zero attached hydrogens (tertiary/aromatic N) is 1. The van der Waals surface area contributed by atoms with Crippen LogP contribution in [0.5, 0.6) is 5.75 Å². The SMILES string of the molecule is NC(=O)C1=C(O)CC2C[C@@H]3Cc4c(F)c5c(c(O)c4C(=O)C3=C(O)C2C1(O)O)CN(C1CCOC1)C5. The number of amides is 1. The second-order valence-electron chi connectivity index (χ2n) is 10.5. The zero-order chi connectivity index (χ0) is 25.7. The van der Waals surface area contributed by atoms with E-state index in [0.717, 1.165) is 6.42 Å². The first-order chi connectivity index (χ1) is 17.0. The number of benzene rings is 1. The number of fused-ring (bicyclic) bond motifs is 4. The van der Waals surface area contributed by atoms with Crippen LogP contribution in [-0.4, -0.2) is 67.2 Å². The van der Waals surface area contributed by atoms with Crippen LogP contribution >= 0.6 is 0 Å². The van der Waals surface area contributed by atoms with Crippen LogP contribution in [0.1, 0.15) is 46.3 Å². The molecule has 5 aliphatic rings. The Kier molecular flexibility index (Phi) is 5.04. The van der Waals surface area contributed by atoms with Gasteiger partial charge >= 0.3 is 0 Å². The lowest BCUT2D eigenvalue weighted by atomic mass is 9.61. The fraction of sp³-hybridized carbons (Fsp3) is 0.520. The Morgan fingerprint density at radius 1 is 1.11 bits per heavy atom. The predicted octanol–water partition coefficient (Wildman–Crippen LogP) is 0.821. The van der Waals surface area contributed by atoms with E-state index in [1.807, 2.05) is 4.90 Å². The molecule has 3 unspecified atom stereocenters. The molecule has 0 bridgehead atoms. The number of aliphatic hydroxyl groups is 4. The number of nitrogens with two attached hydrogens (primary N) is 1. The van der Waals surface area contributed by atoms with Crippen molar-refractivity contribution >= 4 is 11.7 Å². The van der Waals surface area contributed by atoms with Gasteiger partial charge in [-0.25, -0.2) is 4.39 Å². The molecule has 0 radical (unpaired) electrons. The minimum atomic E-state index is -3.00. The summed E-state index contributed by atoms with van der Waals surface area (Å²) < 4.78 is 21.2. The number of Topliss-reactive ketones (excluding diaryl/α,β-unsaturated/α-hetero) is 1. The number of carbonyl (C=O) groups excluding carboxylic acids is 2. The summed E-state index contributed by atoms with van der Waals surface area (Å²) in [5, 5.41) is 54.1. The minimum Gasteiger partial charge on any atom is -0.512 e. The average Bonchev–Trinajstić information content (AvgIpc) is 3.46. The lowest BCUT2D eigenvalue weighted by Gasteiger charge is -2.46. The smallest absolute Gasteiger partial charge is 0.253 e. The molecule has 1 amide bonds. The number of phenols is 1. The molecule has 4 atom stereocenters. The molecule has 1 saturated heterocycles. The van der Waals surface area contributed by atoms with E-state index < -0.39 is 58.1 Å². The lowest BCUT2D eigenvalue weighted by Crippen LogP contribution is -2.54. The fourth-order valence-electron chi connectivity index (χ4n) is 7.01. The maximum atomic E-state index is 15.8. The summed E-state index contributed by atoms with van der Waals surface area (Å²) in [6.07, 6.45) is 0.757. The number of ketones is 1. The molecular formula is C25H27FN2O8. The van der Waals surface area contributed by atoms with E-state index in [4.69, 9.17) is 10.5 Å². The Labute approximate surface area is 205 Å². The van der Waals surface area contributed by atoms with Crippen molar-refractivity contribution < 1.29 is 44.2 Å². The van der Waals surface area contributed by atoms with Crippen molar-refractivity contribution in [1.82, 2.24) is 4.90 Å². The number of halogens is 1. The molecule has 11 heteroatoms. The van der Waals surface area contributed by atoms with E-state index in [1.54, 1.807) is 0 Å². The van der Waals surface area contributed by atoms with Crippen LogP contribution in [0.15, 0.2) is 22.7 Å². The fourth-order valence-corrected chi connectivity index (χ4v) is 7.01. The third-order valence-electron chi connectivity index (χ3n) is 8.61. The first-order valence-electron chi connectivity index (χ1n) is 12.0. The molecule has 10 nitrogen and oxygen atoms in total. The molecule has 192 valence electrons. The van der Waals surface area contributed by atoms with Gasteiger partial charge in [0, 0.05) is 54.4 Å². The third kappa shape index (κ3) is 3.03. The third-order valence-corrected chi connectivity index (χ3v) is 8.61. The molecular weight excluding hydrogens is 475 g/mol. The number of carbonyl (C=O) groups is 2. The summed E-state index contributed by atoms with van der Waals surface area (Å²) >= 11 is 0. The maximum Gasteiger partial charge on any atom is 0.253 e. The summed E-state index contributed by atoms with van der Waals surface area (Å²) in [5.74, 6) is -10.1. The van der Waals surface area contributed by atoms with Gasteiger partial charge in [-0.1, -0.05) is 0 Å². The van der Waals surface area contributed by atoms with E-state index in [0.29, 0.717) is 30.9 Å². The number of aromatic hydroxyl groups is 1. The number of ether oxygens (including phenoxy) is 1. The van der Waals surface area contributed by atoms with Gasteiger partial charge in [-0.3, -0.25) is 14.5 Å². The molecule has 6 rings (SSSR count). The number of phenolic OH excluding ortho intramolecular Hbond substituents is 1. The van der Waals surface area contributed by atoms with Gasteiger partial charge in [-0.2, -0.15) is 0 Å². The van der Waals surface area contributed by atoms with Crippen molar-refractivity contribution in [2.75, 3.05) is 13.2 Å². The number of hydrogen-bond acceptors (Lipinski definition) is 9. The Hall–Kier alpha value is -2.99. The van der Waals surface area contributed by atoms with E-state index >= 15 is 4.39 Å². The molecule has 2 aliphatic heterocycles. The van der Waals surface area contributed by atoms with E-state index in [-0.39, 0.29) is 54.3 Å². The van der Waals surface area contributed by atoms with Gasteiger partial charge < -0.3 is 36.0 Å². The van der Waals surface area contributed by atoms with Crippen molar-refractivity contribution in [1.29, 1.82) is 0 Å². The monoisotopic (exact) mass is 502 g/mol. The highest BCUT2D eigenvalue weighted by molar-refractivity contribution is 6.13. The van der Waals surface area contributed by atoms with Gasteiger partial charge in [0.15, 0.2) is 5.78 Å². The highest BCUT2D eigenvalue weighted by Crippen LogP contribution is 2.54. The molecule has 1 fully saturated rings. The summed E-state index contributed by atoms with van der Waals surface area (Å²) in [7, 11) is 0.